The van der Waals surface area contributed by atoms with Gasteiger partial charge in [0.05, 0.1) is 24.5 Å². The molecule has 0 aliphatic heterocycles. The molecule has 106 valence electrons. The fourth-order valence-corrected chi connectivity index (χ4v) is 2.19. The summed E-state index contributed by atoms with van der Waals surface area (Å²) in [4.78, 5) is 4.11. The molecule has 0 saturated heterocycles. The summed E-state index contributed by atoms with van der Waals surface area (Å²) in [6, 6.07) is 12.7. The zero-order chi connectivity index (χ0) is 14.4. The molecule has 2 N–H and O–H groups in total. The average molecular weight is 274 g/mol. The Hall–Kier alpha value is -1.78. The van der Waals surface area contributed by atoms with Gasteiger partial charge < -0.3 is 5.11 Å². The van der Waals surface area contributed by atoms with Gasteiger partial charge in [0.2, 0.25) is 0 Å². The predicted molar refractivity (Wildman–Crippen MR) is 76.6 cm³/mol. The van der Waals surface area contributed by atoms with Crippen LogP contribution in [0.25, 0.3) is 0 Å². The third kappa shape index (κ3) is 3.62. The highest BCUT2D eigenvalue weighted by molar-refractivity contribution is 5.20. The molecule has 20 heavy (non-hydrogen) atoms. The Morgan fingerprint density at radius 2 is 1.90 bits per heavy atom. The van der Waals surface area contributed by atoms with E-state index in [1.54, 1.807) is 6.07 Å². The highest BCUT2D eigenvalue weighted by Crippen LogP contribution is 2.20. The number of hydrogen-bond donors (Lipinski definition) is 2. The molecule has 0 amide bonds. The third-order valence-corrected chi connectivity index (χ3v) is 3.30. The number of nitrogens with one attached hydrogen (secondary N) is 1. The standard InChI is InChI=1S/C16H19FN2O/c1-2-14(15-9-8-13(17)10-18-15)19-16(11-20)12-6-4-3-5-7-12/h3-10,14,16,19-20H,2,11H2,1H3/t14?,16-/m0/s1. The normalized spacial score (nSPS) is 13.9. The number of aliphatic hydroxyl groups is 1. The molecule has 0 aliphatic carbocycles. The first-order chi connectivity index (χ1) is 9.74. The Morgan fingerprint density at radius 1 is 1.15 bits per heavy atom. The maximum Gasteiger partial charge on any atom is 0.141 e. The number of benzene rings is 1. The van der Waals surface area contributed by atoms with Crippen LogP contribution in [0.15, 0.2) is 48.7 Å². The molecule has 0 spiro atoms. The third-order valence-electron chi connectivity index (χ3n) is 3.30. The molecule has 0 aliphatic rings. The minimum absolute atomic E-state index is 0.00169. The lowest BCUT2D eigenvalue weighted by Gasteiger charge is -2.23. The lowest BCUT2D eigenvalue weighted by atomic mass is 10.0. The number of aliphatic hydroxyl groups excluding tert-OH is 1. The summed E-state index contributed by atoms with van der Waals surface area (Å²) in [5, 5.41) is 12.9. The van der Waals surface area contributed by atoms with Crippen LogP contribution >= 0.6 is 0 Å². The number of rotatable bonds is 6. The van der Waals surface area contributed by atoms with E-state index in [9.17, 15) is 9.50 Å². The van der Waals surface area contributed by atoms with E-state index in [2.05, 4.69) is 10.3 Å². The van der Waals surface area contributed by atoms with Crippen LogP contribution in [-0.2, 0) is 0 Å². The van der Waals surface area contributed by atoms with Gasteiger partial charge in [0.25, 0.3) is 0 Å². The molecule has 1 unspecified atom stereocenters. The maximum absolute atomic E-state index is 12.9. The van der Waals surface area contributed by atoms with Gasteiger partial charge in [0, 0.05) is 6.04 Å². The van der Waals surface area contributed by atoms with Gasteiger partial charge in [-0.25, -0.2) is 4.39 Å². The van der Waals surface area contributed by atoms with Crippen molar-refractivity contribution in [3.8, 4) is 0 Å². The molecule has 2 rings (SSSR count). The SMILES string of the molecule is CCC(N[C@@H](CO)c1ccccc1)c1ccc(F)cn1. The Kier molecular flexibility index (Phi) is 5.21. The molecular weight excluding hydrogens is 255 g/mol. The molecule has 2 aromatic rings. The Morgan fingerprint density at radius 3 is 2.45 bits per heavy atom. The summed E-state index contributed by atoms with van der Waals surface area (Å²) in [5.74, 6) is -0.342. The highest BCUT2D eigenvalue weighted by atomic mass is 19.1. The van der Waals surface area contributed by atoms with Crippen LogP contribution in [0, 0.1) is 5.82 Å². The number of hydrogen-bond acceptors (Lipinski definition) is 3. The second kappa shape index (κ2) is 7.12. The largest absolute Gasteiger partial charge is 0.394 e. The molecule has 0 bridgehead atoms. The van der Waals surface area contributed by atoms with Crippen LogP contribution in [0.2, 0.25) is 0 Å². The van der Waals surface area contributed by atoms with Crippen LogP contribution in [0.4, 0.5) is 4.39 Å². The van der Waals surface area contributed by atoms with Gasteiger partial charge in [-0.3, -0.25) is 10.3 Å². The second-order valence-corrected chi connectivity index (χ2v) is 4.67. The van der Waals surface area contributed by atoms with Crippen LogP contribution in [0.5, 0.6) is 0 Å². The summed E-state index contributed by atoms with van der Waals surface area (Å²) in [7, 11) is 0. The van der Waals surface area contributed by atoms with Crippen molar-refractivity contribution < 1.29 is 9.50 Å². The van der Waals surface area contributed by atoms with Crippen molar-refractivity contribution in [2.45, 2.75) is 25.4 Å². The summed E-state index contributed by atoms with van der Waals surface area (Å²) in [5.41, 5.74) is 1.80. The topological polar surface area (TPSA) is 45.1 Å². The van der Waals surface area contributed by atoms with Crippen LogP contribution in [-0.4, -0.2) is 16.7 Å². The number of pyridine rings is 1. The molecular formula is C16H19FN2O. The van der Waals surface area contributed by atoms with Crippen molar-refractivity contribution in [3.63, 3.8) is 0 Å². The zero-order valence-corrected chi connectivity index (χ0v) is 11.5. The van der Waals surface area contributed by atoms with Gasteiger partial charge >= 0.3 is 0 Å². The second-order valence-electron chi connectivity index (χ2n) is 4.67. The lowest BCUT2D eigenvalue weighted by Crippen LogP contribution is -2.29. The fraction of sp³-hybridized carbons (Fsp3) is 0.312. The van der Waals surface area contributed by atoms with E-state index < -0.39 is 0 Å². The molecule has 1 aromatic heterocycles. The molecule has 4 heteroatoms. The van der Waals surface area contributed by atoms with Crippen LogP contribution in [0.3, 0.4) is 0 Å². The van der Waals surface area contributed by atoms with E-state index in [4.69, 9.17) is 0 Å². The number of halogens is 1. The van der Waals surface area contributed by atoms with Gasteiger partial charge in [-0.05, 0) is 24.1 Å². The molecule has 2 atom stereocenters. The van der Waals surface area contributed by atoms with E-state index in [1.165, 1.54) is 12.3 Å². The van der Waals surface area contributed by atoms with Crippen LogP contribution < -0.4 is 5.32 Å². The molecule has 0 saturated carbocycles. The molecule has 0 fully saturated rings. The van der Waals surface area contributed by atoms with Gasteiger partial charge in [0.1, 0.15) is 5.82 Å². The van der Waals surface area contributed by atoms with Crippen molar-refractivity contribution in [1.82, 2.24) is 10.3 Å². The highest BCUT2D eigenvalue weighted by Gasteiger charge is 2.17. The predicted octanol–water partition coefficient (Wildman–Crippen LogP) is 3.00. The lowest BCUT2D eigenvalue weighted by molar-refractivity contribution is 0.231. The van der Waals surface area contributed by atoms with Gasteiger partial charge in [-0.1, -0.05) is 37.3 Å². The summed E-state index contributed by atoms with van der Waals surface area (Å²) >= 11 is 0. The van der Waals surface area contributed by atoms with E-state index in [0.717, 1.165) is 17.7 Å². The molecule has 0 radical (unpaired) electrons. The maximum atomic E-state index is 12.9. The van der Waals surface area contributed by atoms with E-state index >= 15 is 0 Å². The van der Waals surface area contributed by atoms with E-state index in [1.807, 2.05) is 37.3 Å². The summed E-state index contributed by atoms with van der Waals surface area (Å²) < 4.78 is 12.9. The van der Waals surface area contributed by atoms with Gasteiger partial charge in [-0.15, -0.1) is 0 Å². The van der Waals surface area contributed by atoms with Crippen molar-refractivity contribution in [3.05, 3.63) is 65.7 Å². The van der Waals surface area contributed by atoms with Crippen molar-refractivity contribution in [2.75, 3.05) is 6.61 Å². The first-order valence-electron chi connectivity index (χ1n) is 6.78. The monoisotopic (exact) mass is 274 g/mol. The summed E-state index contributed by atoms with van der Waals surface area (Å²) in [6.07, 6.45) is 2.03. The quantitative estimate of drug-likeness (QED) is 0.851. The van der Waals surface area contributed by atoms with E-state index in [0.29, 0.717) is 0 Å². The molecule has 1 aromatic carbocycles. The smallest absolute Gasteiger partial charge is 0.141 e. The average Bonchev–Trinajstić information content (AvgIpc) is 2.51. The molecule has 1 heterocycles. The number of nitrogens with zero attached hydrogens (tertiary/aromatic N) is 1. The fourth-order valence-electron chi connectivity index (χ4n) is 2.19. The van der Waals surface area contributed by atoms with Gasteiger partial charge in [-0.2, -0.15) is 0 Å². The Bertz CT molecular complexity index is 516. The zero-order valence-electron chi connectivity index (χ0n) is 11.5. The minimum Gasteiger partial charge on any atom is -0.394 e. The minimum atomic E-state index is -0.342. The van der Waals surface area contributed by atoms with Crippen molar-refractivity contribution in [1.29, 1.82) is 0 Å². The first-order valence-corrected chi connectivity index (χ1v) is 6.78. The first kappa shape index (κ1) is 14.6. The Balaban J connectivity index is 2.14. The van der Waals surface area contributed by atoms with Gasteiger partial charge in [0.15, 0.2) is 0 Å². The Labute approximate surface area is 118 Å². The van der Waals surface area contributed by atoms with Crippen molar-refractivity contribution >= 4 is 0 Å². The van der Waals surface area contributed by atoms with E-state index in [-0.39, 0.29) is 24.5 Å². The van der Waals surface area contributed by atoms with Crippen LogP contribution in [0.1, 0.15) is 36.7 Å². The summed E-state index contributed by atoms with van der Waals surface area (Å²) in [6.45, 7) is 2.03. The number of aromatic nitrogens is 1. The van der Waals surface area contributed by atoms with Crippen molar-refractivity contribution in [2.24, 2.45) is 0 Å². The molecule has 3 nitrogen and oxygen atoms in total.